The van der Waals surface area contributed by atoms with E-state index in [0.717, 1.165) is 31.9 Å². The van der Waals surface area contributed by atoms with Gasteiger partial charge >= 0.3 is 0 Å². The van der Waals surface area contributed by atoms with Crippen LogP contribution in [-0.4, -0.2) is 49.7 Å². The van der Waals surface area contributed by atoms with Gasteiger partial charge in [-0.2, -0.15) is 0 Å². The minimum atomic E-state index is 0.644. The highest BCUT2D eigenvalue weighted by Gasteiger charge is 2.31. The van der Waals surface area contributed by atoms with Crippen LogP contribution in [0.15, 0.2) is 18.3 Å². The zero-order chi connectivity index (χ0) is 13.8. The van der Waals surface area contributed by atoms with E-state index in [1.807, 2.05) is 6.20 Å². The smallest absolute Gasteiger partial charge is 0.0562 e. The number of anilines is 1. The van der Waals surface area contributed by atoms with Crippen LogP contribution in [-0.2, 0) is 6.54 Å². The molecule has 2 rings (SSSR count). The third-order valence-corrected chi connectivity index (χ3v) is 3.96. The molecule has 0 radical (unpaired) electrons. The van der Waals surface area contributed by atoms with Gasteiger partial charge in [-0.25, -0.2) is 0 Å². The van der Waals surface area contributed by atoms with Gasteiger partial charge in [0.05, 0.1) is 5.69 Å². The highest BCUT2D eigenvalue weighted by atomic mass is 15.2. The van der Waals surface area contributed by atoms with Crippen molar-refractivity contribution in [2.45, 2.75) is 26.4 Å². The second-order valence-electron chi connectivity index (χ2n) is 5.70. The first-order chi connectivity index (χ1) is 9.11. The Morgan fingerprint density at radius 3 is 2.84 bits per heavy atom. The summed E-state index contributed by atoms with van der Waals surface area (Å²) in [4.78, 5) is 9.24. The van der Waals surface area contributed by atoms with Crippen LogP contribution < -0.4 is 10.2 Å². The monoisotopic (exact) mass is 262 g/mol. The van der Waals surface area contributed by atoms with Crippen molar-refractivity contribution in [1.82, 2.24) is 15.2 Å². The molecule has 0 spiro atoms. The van der Waals surface area contributed by atoms with Gasteiger partial charge in [0.15, 0.2) is 0 Å². The molecule has 1 aliphatic heterocycles. The molecular weight excluding hydrogens is 236 g/mol. The van der Waals surface area contributed by atoms with Gasteiger partial charge in [0, 0.05) is 37.6 Å². The summed E-state index contributed by atoms with van der Waals surface area (Å²) in [6, 6.07) is 4.98. The number of likely N-dealkylation sites (N-methyl/N-ethyl adjacent to an activating group) is 1. The van der Waals surface area contributed by atoms with Gasteiger partial charge < -0.3 is 15.1 Å². The highest BCUT2D eigenvalue weighted by Crippen LogP contribution is 2.26. The molecule has 1 aromatic rings. The van der Waals surface area contributed by atoms with Gasteiger partial charge in [0.2, 0.25) is 0 Å². The minimum Gasteiger partial charge on any atom is -0.370 e. The maximum atomic E-state index is 4.42. The quantitative estimate of drug-likeness (QED) is 0.873. The molecule has 2 unspecified atom stereocenters. The molecule has 1 aromatic heterocycles. The van der Waals surface area contributed by atoms with E-state index in [4.69, 9.17) is 0 Å². The molecular formula is C15H26N4. The zero-order valence-electron chi connectivity index (χ0n) is 12.6. The van der Waals surface area contributed by atoms with Gasteiger partial charge in [0.1, 0.15) is 0 Å². The van der Waals surface area contributed by atoms with Crippen LogP contribution >= 0.6 is 0 Å². The molecule has 4 heteroatoms. The Bertz CT molecular complexity index is 405. The predicted octanol–water partition coefficient (Wildman–Crippen LogP) is 1.58. The molecule has 4 nitrogen and oxygen atoms in total. The number of pyridine rings is 1. The molecule has 1 saturated heterocycles. The van der Waals surface area contributed by atoms with Crippen LogP contribution in [0.5, 0.6) is 0 Å². The van der Waals surface area contributed by atoms with Crippen LogP contribution in [0.25, 0.3) is 0 Å². The molecule has 0 saturated carbocycles. The molecule has 2 atom stereocenters. The lowest BCUT2D eigenvalue weighted by Crippen LogP contribution is -2.34. The first-order valence-electron chi connectivity index (χ1n) is 7.18. The van der Waals surface area contributed by atoms with Crippen molar-refractivity contribution in [2.24, 2.45) is 5.92 Å². The molecule has 1 fully saturated rings. The third-order valence-electron chi connectivity index (χ3n) is 3.96. The van der Waals surface area contributed by atoms with E-state index < -0.39 is 0 Å². The minimum absolute atomic E-state index is 0.644. The lowest BCUT2D eigenvalue weighted by Gasteiger charge is -2.23. The summed E-state index contributed by atoms with van der Waals surface area (Å²) < 4.78 is 0. The fourth-order valence-electron chi connectivity index (χ4n) is 2.84. The summed E-state index contributed by atoms with van der Waals surface area (Å²) in [7, 11) is 4.35. The van der Waals surface area contributed by atoms with Gasteiger partial charge in [-0.3, -0.25) is 4.98 Å². The number of hydrogen-bond acceptors (Lipinski definition) is 4. The molecule has 106 valence electrons. The van der Waals surface area contributed by atoms with E-state index in [1.165, 1.54) is 5.69 Å². The van der Waals surface area contributed by atoms with Gasteiger partial charge in [-0.15, -0.1) is 0 Å². The number of aromatic nitrogens is 1. The summed E-state index contributed by atoms with van der Waals surface area (Å²) in [5.41, 5.74) is 2.43. The number of nitrogens with zero attached hydrogens (tertiary/aromatic N) is 3. The fraction of sp³-hybridized carbons (Fsp3) is 0.667. The summed E-state index contributed by atoms with van der Waals surface area (Å²) in [6.07, 6.45) is 1.93. The molecule has 0 bridgehead atoms. The van der Waals surface area contributed by atoms with E-state index in [2.05, 4.69) is 60.2 Å². The van der Waals surface area contributed by atoms with Crippen molar-refractivity contribution >= 4 is 5.69 Å². The Labute approximate surface area is 116 Å². The standard InChI is InChI=1S/C15H26N4/c1-5-16-9-13-8-14(6-7-17-13)19-10-12(2)15(11-19)18(3)4/h6-8,12,15-16H,5,9-11H2,1-4H3. The number of hydrogen-bond donors (Lipinski definition) is 1. The molecule has 0 aliphatic carbocycles. The molecule has 1 aliphatic rings. The molecule has 0 aromatic carbocycles. The second-order valence-corrected chi connectivity index (χ2v) is 5.70. The van der Waals surface area contributed by atoms with Crippen molar-refractivity contribution in [3.63, 3.8) is 0 Å². The first-order valence-corrected chi connectivity index (χ1v) is 7.18. The highest BCUT2D eigenvalue weighted by molar-refractivity contribution is 5.48. The summed E-state index contributed by atoms with van der Waals surface area (Å²) in [6.45, 7) is 8.53. The average molecular weight is 262 g/mol. The van der Waals surface area contributed by atoms with E-state index >= 15 is 0 Å². The topological polar surface area (TPSA) is 31.4 Å². The zero-order valence-corrected chi connectivity index (χ0v) is 12.6. The Morgan fingerprint density at radius 2 is 2.21 bits per heavy atom. The first kappa shape index (κ1) is 14.3. The van der Waals surface area contributed by atoms with Crippen molar-refractivity contribution in [1.29, 1.82) is 0 Å². The lowest BCUT2D eigenvalue weighted by molar-refractivity contribution is 0.266. The molecule has 19 heavy (non-hydrogen) atoms. The Morgan fingerprint density at radius 1 is 1.42 bits per heavy atom. The normalized spacial score (nSPS) is 23.3. The van der Waals surface area contributed by atoms with Crippen LogP contribution in [0.1, 0.15) is 19.5 Å². The molecule has 2 heterocycles. The summed E-state index contributed by atoms with van der Waals surface area (Å²) in [5.74, 6) is 0.709. The second kappa shape index (κ2) is 6.35. The van der Waals surface area contributed by atoms with Crippen LogP contribution in [0.2, 0.25) is 0 Å². The SMILES string of the molecule is CCNCc1cc(N2CC(C)C(N(C)C)C2)ccn1. The largest absolute Gasteiger partial charge is 0.370 e. The van der Waals surface area contributed by atoms with Gasteiger partial charge in [-0.05, 0) is 38.7 Å². The maximum Gasteiger partial charge on any atom is 0.0562 e. The Balaban J connectivity index is 2.06. The van der Waals surface area contributed by atoms with Crippen LogP contribution in [0.3, 0.4) is 0 Å². The summed E-state index contributed by atoms with van der Waals surface area (Å²) in [5, 5.41) is 3.33. The number of nitrogens with one attached hydrogen (secondary N) is 1. The Kier molecular flexibility index (Phi) is 4.77. The van der Waals surface area contributed by atoms with Crippen molar-refractivity contribution in [2.75, 3.05) is 38.6 Å². The van der Waals surface area contributed by atoms with Gasteiger partial charge in [0.25, 0.3) is 0 Å². The van der Waals surface area contributed by atoms with E-state index in [0.29, 0.717) is 12.0 Å². The summed E-state index contributed by atoms with van der Waals surface area (Å²) >= 11 is 0. The van der Waals surface area contributed by atoms with E-state index in [-0.39, 0.29) is 0 Å². The van der Waals surface area contributed by atoms with Crippen molar-refractivity contribution in [3.8, 4) is 0 Å². The molecule has 1 N–H and O–H groups in total. The fourth-order valence-corrected chi connectivity index (χ4v) is 2.84. The maximum absolute atomic E-state index is 4.42. The van der Waals surface area contributed by atoms with E-state index in [9.17, 15) is 0 Å². The predicted molar refractivity (Wildman–Crippen MR) is 80.5 cm³/mol. The van der Waals surface area contributed by atoms with Gasteiger partial charge in [-0.1, -0.05) is 13.8 Å². The number of rotatable bonds is 5. The van der Waals surface area contributed by atoms with Crippen LogP contribution in [0.4, 0.5) is 5.69 Å². The average Bonchev–Trinajstić information content (AvgIpc) is 2.79. The van der Waals surface area contributed by atoms with Crippen LogP contribution in [0, 0.1) is 5.92 Å². The van der Waals surface area contributed by atoms with Crippen molar-refractivity contribution in [3.05, 3.63) is 24.0 Å². The molecule has 0 amide bonds. The Hall–Kier alpha value is -1.13. The lowest BCUT2D eigenvalue weighted by atomic mass is 10.1. The van der Waals surface area contributed by atoms with E-state index in [1.54, 1.807) is 0 Å². The third kappa shape index (κ3) is 3.45. The van der Waals surface area contributed by atoms with Crippen molar-refractivity contribution < 1.29 is 0 Å².